The second kappa shape index (κ2) is 6.62. The maximum absolute atomic E-state index is 12.0. The van der Waals surface area contributed by atoms with E-state index in [1.807, 2.05) is 23.6 Å². The number of rotatable bonds is 4. The summed E-state index contributed by atoms with van der Waals surface area (Å²) in [5, 5.41) is 7.99. The molecule has 4 nitrogen and oxygen atoms in total. The Morgan fingerprint density at radius 2 is 1.83 bits per heavy atom. The van der Waals surface area contributed by atoms with Crippen LogP contribution in [0.2, 0.25) is 0 Å². The van der Waals surface area contributed by atoms with E-state index in [1.165, 1.54) is 22.5 Å². The summed E-state index contributed by atoms with van der Waals surface area (Å²) in [4.78, 5) is 17.0. The van der Waals surface area contributed by atoms with Gasteiger partial charge in [0.2, 0.25) is 0 Å². The van der Waals surface area contributed by atoms with E-state index in [9.17, 15) is 4.79 Å². The van der Waals surface area contributed by atoms with Crippen molar-refractivity contribution in [3.63, 3.8) is 0 Å². The number of carbonyl (C=O) groups is 1. The van der Waals surface area contributed by atoms with Crippen LogP contribution in [0.3, 0.4) is 0 Å². The number of pyridine rings is 1. The van der Waals surface area contributed by atoms with Crippen molar-refractivity contribution >= 4 is 34.4 Å². The van der Waals surface area contributed by atoms with Crippen molar-refractivity contribution < 1.29 is 4.79 Å². The van der Waals surface area contributed by atoms with Crippen molar-refractivity contribution in [2.45, 2.75) is 13.8 Å². The summed E-state index contributed by atoms with van der Waals surface area (Å²) in [6.07, 6.45) is 1.65. The molecule has 0 fully saturated rings. The summed E-state index contributed by atoms with van der Waals surface area (Å²) in [5.74, 6) is 0.626. The number of aryl methyl sites for hydroxylation is 2. The largest absolute Gasteiger partial charge is 0.340 e. The van der Waals surface area contributed by atoms with Crippen LogP contribution in [-0.4, -0.2) is 10.9 Å². The van der Waals surface area contributed by atoms with E-state index in [0.29, 0.717) is 10.6 Å². The zero-order valence-corrected chi connectivity index (χ0v) is 13.8. The highest BCUT2D eigenvalue weighted by Crippen LogP contribution is 2.19. The molecule has 3 rings (SSSR count). The Labute approximate surface area is 139 Å². The van der Waals surface area contributed by atoms with Gasteiger partial charge in [0.05, 0.1) is 16.8 Å². The van der Waals surface area contributed by atoms with Gasteiger partial charge in [-0.3, -0.25) is 4.79 Å². The van der Waals surface area contributed by atoms with Crippen LogP contribution in [-0.2, 0) is 0 Å². The molecule has 2 heterocycles. The van der Waals surface area contributed by atoms with Gasteiger partial charge in [-0.25, -0.2) is 4.98 Å². The lowest BCUT2D eigenvalue weighted by molar-refractivity contribution is 0.103. The second-order valence-electron chi connectivity index (χ2n) is 5.36. The molecule has 0 saturated carbocycles. The van der Waals surface area contributed by atoms with Gasteiger partial charge in [-0.2, -0.15) is 0 Å². The van der Waals surface area contributed by atoms with Gasteiger partial charge < -0.3 is 10.6 Å². The van der Waals surface area contributed by atoms with Crippen LogP contribution in [0.1, 0.15) is 20.8 Å². The normalized spacial score (nSPS) is 10.3. The molecule has 0 radical (unpaired) electrons. The predicted molar refractivity (Wildman–Crippen MR) is 95.7 cm³/mol. The summed E-state index contributed by atoms with van der Waals surface area (Å²) < 4.78 is 0. The minimum atomic E-state index is -0.114. The number of aromatic nitrogens is 1. The van der Waals surface area contributed by atoms with Crippen molar-refractivity contribution in [3.05, 3.63) is 70.0 Å². The van der Waals surface area contributed by atoms with E-state index in [1.54, 1.807) is 12.3 Å². The van der Waals surface area contributed by atoms with Gasteiger partial charge in [0.15, 0.2) is 0 Å². The SMILES string of the molecule is Cc1cc(C)cc(Nc2ccc(NC(=O)c3cccs3)cn2)c1. The average Bonchev–Trinajstić information content (AvgIpc) is 3.02. The van der Waals surface area contributed by atoms with Gasteiger partial charge in [-0.1, -0.05) is 12.1 Å². The zero-order valence-electron chi connectivity index (χ0n) is 13.0. The lowest BCUT2D eigenvalue weighted by Crippen LogP contribution is -2.10. The molecule has 2 N–H and O–H groups in total. The molecule has 116 valence electrons. The van der Waals surface area contributed by atoms with Crippen molar-refractivity contribution in [1.29, 1.82) is 0 Å². The van der Waals surface area contributed by atoms with Crippen LogP contribution in [0.5, 0.6) is 0 Å². The number of nitrogens with zero attached hydrogens (tertiary/aromatic N) is 1. The molecule has 0 spiro atoms. The van der Waals surface area contributed by atoms with Crippen LogP contribution in [0, 0.1) is 13.8 Å². The average molecular weight is 323 g/mol. The molecular weight excluding hydrogens is 306 g/mol. The van der Waals surface area contributed by atoms with Crippen molar-refractivity contribution in [2.75, 3.05) is 10.6 Å². The molecule has 0 aliphatic heterocycles. The van der Waals surface area contributed by atoms with Gasteiger partial charge in [0.1, 0.15) is 5.82 Å². The van der Waals surface area contributed by atoms with Gasteiger partial charge in [-0.15, -0.1) is 11.3 Å². The standard InChI is InChI=1S/C18H17N3OS/c1-12-8-13(2)10-15(9-12)20-17-6-5-14(11-19-17)21-18(22)16-4-3-7-23-16/h3-11H,1-2H3,(H,19,20)(H,21,22). The van der Waals surface area contributed by atoms with E-state index in [0.717, 1.165) is 11.5 Å². The van der Waals surface area contributed by atoms with E-state index in [-0.39, 0.29) is 5.91 Å². The first-order valence-electron chi connectivity index (χ1n) is 7.26. The second-order valence-corrected chi connectivity index (χ2v) is 6.31. The predicted octanol–water partition coefficient (Wildman–Crippen LogP) is 4.76. The molecule has 0 bridgehead atoms. The van der Waals surface area contributed by atoms with E-state index < -0.39 is 0 Å². The minimum Gasteiger partial charge on any atom is -0.340 e. The third-order valence-corrected chi connectivity index (χ3v) is 4.13. The highest BCUT2D eigenvalue weighted by Gasteiger charge is 2.07. The smallest absolute Gasteiger partial charge is 0.265 e. The Balaban J connectivity index is 1.68. The van der Waals surface area contributed by atoms with Crippen molar-refractivity contribution in [2.24, 2.45) is 0 Å². The molecule has 2 aromatic heterocycles. The lowest BCUT2D eigenvalue weighted by Gasteiger charge is -2.09. The number of amides is 1. The summed E-state index contributed by atoms with van der Waals surface area (Å²) in [6.45, 7) is 4.13. The molecule has 0 unspecified atom stereocenters. The summed E-state index contributed by atoms with van der Waals surface area (Å²) in [5.41, 5.74) is 4.08. The molecule has 0 saturated heterocycles. The highest BCUT2D eigenvalue weighted by molar-refractivity contribution is 7.12. The molecule has 3 aromatic rings. The number of benzene rings is 1. The number of anilines is 3. The fourth-order valence-electron chi connectivity index (χ4n) is 2.34. The summed E-state index contributed by atoms with van der Waals surface area (Å²) in [6, 6.07) is 13.6. The Morgan fingerprint density at radius 1 is 1.04 bits per heavy atom. The van der Waals surface area contributed by atoms with Crippen LogP contribution >= 0.6 is 11.3 Å². The fraction of sp³-hybridized carbons (Fsp3) is 0.111. The zero-order chi connectivity index (χ0) is 16.2. The first-order valence-corrected chi connectivity index (χ1v) is 8.14. The molecule has 0 aliphatic carbocycles. The fourth-order valence-corrected chi connectivity index (χ4v) is 2.96. The summed E-state index contributed by atoms with van der Waals surface area (Å²) in [7, 11) is 0. The molecular formula is C18H17N3OS. The quantitative estimate of drug-likeness (QED) is 0.728. The van der Waals surface area contributed by atoms with E-state index >= 15 is 0 Å². The number of thiophene rings is 1. The molecule has 0 aliphatic rings. The Bertz CT molecular complexity index is 791. The van der Waals surface area contributed by atoms with Gasteiger partial charge in [0, 0.05) is 5.69 Å². The maximum Gasteiger partial charge on any atom is 0.265 e. The number of carbonyl (C=O) groups excluding carboxylic acids is 1. The summed E-state index contributed by atoms with van der Waals surface area (Å²) >= 11 is 1.41. The van der Waals surface area contributed by atoms with Crippen LogP contribution < -0.4 is 10.6 Å². The van der Waals surface area contributed by atoms with Crippen molar-refractivity contribution in [1.82, 2.24) is 4.98 Å². The number of hydrogen-bond acceptors (Lipinski definition) is 4. The highest BCUT2D eigenvalue weighted by atomic mass is 32.1. The molecule has 0 atom stereocenters. The molecule has 1 amide bonds. The minimum absolute atomic E-state index is 0.114. The van der Waals surface area contributed by atoms with Crippen LogP contribution in [0.4, 0.5) is 17.2 Å². The van der Waals surface area contributed by atoms with Crippen LogP contribution in [0.25, 0.3) is 0 Å². The lowest BCUT2D eigenvalue weighted by atomic mass is 10.1. The first kappa shape index (κ1) is 15.2. The van der Waals surface area contributed by atoms with E-state index in [2.05, 4.69) is 47.7 Å². The Morgan fingerprint density at radius 3 is 2.43 bits per heavy atom. The van der Waals surface area contributed by atoms with Crippen molar-refractivity contribution in [3.8, 4) is 0 Å². The van der Waals surface area contributed by atoms with E-state index in [4.69, 9.17) is 0 Å². The van der Waals surface area contributed by atoms with Gasteiger partial charge >= 0.3 is 0 Å². The molecule has 23 heavy (non-hydrogen) atoms. The number of hydrogen-bond donors (Lipinski definition) is 2. The van der Waals surface area contributed by atoms with Gasteiger partial charge in [0.25, 0.3) is 5.91 Å². The number of nitrogens with one attached hydrogen (secondary N) is 2. The first-order chi connectivity index (χ1) is 11.1. The third kappa shape index (κ3) is 3.96. The monoisotopic (exact) mass is 323 g/mol. The molecule has 5 heteroatoms. The maximum atomic E-state index is 12.0. The molecule has 1 aromatic carbocycles. The topological polar surface area (TPSA) is 54.0 Å². The third-order valence-electron chi connectivity index (χ3n) is 3.26. The van der Waals surface area contributed by atoms with Crippen LogP contribution in [0.15, 0.2) is 54.0 Å². The Kier molecular flexibility index (Phi) is 4.39. The van der Waals surface area contributed by atoms with Gasteiger partial charge in [-0.05, 0) is 60.7 Å². The Hall–Kier alpha value is -2.66.